The summed E-state index contributed by atoms with van der Waals surface area (Å²) in [5.41, 5.74) is 9.37. The van der Waals surface area contributed by atoms with Gasteiger partial charge in [-0.3, -0.25) is 0 Å². The van der Waals surface area contributed by atoms with Gasteiger partial charge in [-0.05, 0) is 72.8 Å². The Hall–Kier alpha value is -4.83. The van der Waals surface area contributed by atoms with Crippen molar-refractivity contribution in [3.05, 3.63) is 127 Å². The monoisotopic (exact) mass is 451 g/mol. The minimum absolute atomic E-state index is 0.632. The lowest BCUT2D eigenvalue weighted by Gasteiger charge is -2.40. The zero-order valence-electron chi connectivity index (χ0n) is 18.9. The summed E-state index contributed by atoms with van der Waals surface area (Å²) in [5, 5.41) is 0. The molecule has 0 spiro atoms. The van der Waals surface area contributed by atoms with Gasteiger partial charge in [-0.1, -0.05) is 54.6 Å². The molecule has 1 aliphatic heterocycles. The van der Waals surface area contributed by atoms with E-state index in [2.05, 4.69) is 118 Å². The van der Waals surface area contributed by atoms with Crippen molar-refractivity contribution in [1.29, 1.82) is 0 Å². The van der Waals surface area contributed by atoms with Crippen LogP contribution in [0.2, 0.25) is 0 Å². The quantitative estimate of drug-likeness (QED) is 0.269. The lowest BCUT2D eigenvalue weighted by Crippen LogP contribution is -2.23. The molecule has 6 aromatic rings. The average molecular weight is 452 g/mol. The number of hydrogen-bond donors (Lipinski definition) is 0. The van der Waals surface area contributed by atoms with Gasteiger partial charge >= 0.3 is 0 Å². The first-order valence-electron chi connectivity index (χ1n) is 11.7. The van der Waals surface area contributed by atoms with Crippen LogP contribution in [0.4, 0.5) is 34.1 Å². The largest absolute Gasteiger partial charge is 0.436 e. The molecule has 4 heteroatoms. The van der Waals surface area contributed by atoms with Crippen LogP contribution in [0.25, 0.3) is 22.6 Å². The number of oxazole rings is 1. The van der Waals surface area contributed by atoms with Gasteiger partial charge in [0.05, 0.1) is 22.7 Å². The van der Waals surface area contributed by atoms with Crippen LogP contribution in [-0.2, 0) is 0 Å². The maximum Gasteiger partial charge on any atom is 0.227 e. The van der Waals surface area contributed by atoms with Gasteiger partial charge < -0.3 is 14.2 Å². The Labute approximate surface area is 203 Å². The highest BCUT2D eigenvalue weighted by Crippen LogP contribution is 2.53. The molecule has 7 rings (SSSR count). The smallest absolute Gasteiger partial charge is 0.227 e. The van der Waals surface area contributed by atoms with E-state index in [1.807, 2.05) is 24.3 Å². The molecule has 0 saturated heterocycles. The molecule has 0 bridgehead atoms. The molecular weight excluding hydrogens is 430 g/mol. The summed E-state index contributed by atoms with van der Waals surface area (Å²) in [4.78, 5) is 9.30. The molecule has 5 aromatic carbocycles. The first kappa shape index (κ1) is 19.6. The Kier molecular flexibility index (Phi) is 4.42. The Morgan fingerprint density at radius 1 is 0.457 bits per heavy atom. The van der Waals surface area contributed by atoms with E-state index in [4.69, 9.17) is 4.42 Å². The summed E-state index contributed by atoms with van der Waals surface area (Å²) in [5.74, 6) is 0.632. The van der Waals surface area contributed by atoms with Gasteiger partial charge in [-0.2, -0.15) is 0 Å². The summed E-state index contributed by atoms with van der Waals surface area (Å²) in [6.45, 7) is 0. The van der Waals surface area contributed by atoms with Crippen molar-refractivity contribution in [3.63, 3.8) is 0 Å². The Balaban J connectivity index is 1.35. The van der Waals surface area contributed by atoms with E-state index in [-0.39, 0.29) is 0 Å². The molecule has 2 heterocycles. The minimum Gasteiger partial charge on any atom is -0.436 e. The molecule has 166 valence electrons. The first-order valence-corrected chi connectivity index (χ1v) is 11.7. The highest BCUT2D eigenvalue weighted by molar-refractivity contribution is 6.01. The second kappa shape index (κ2) is 7.89. The fourth-order valence-corrected chi connectivity index (χ4v) is 4.83. The fourth-order valence-electron chi connectivity index (χ4n) is 4.83. The zero-order valence-corrected chi connectivity index (χ0v) is 18.9. The molecule has 0 radical (unpaired) electrons. The van der Waals surface area contributed by atoms with E-state index < -0.39 is 0 Å². The van der Waals surface area contributed by atoms with E-state index in [1.54, 1.807) is 0 Å². The van der Waals surface area contributed by atoms with Crippen LogP contribution in [0.1, 0.15) is 0 Å². The third kappa shape index (κ3) is 3.19. The van der Waals surface area contributed by atoms with E-state index >= 15 is 0 Å². The van der Waals surface area contributed by atoms with Crippen LogP contribution in [0.5, 0.6) is 0 Å². The van der Waals surface area contributed by atoms with Gasteiger partial charge in [0.2, 0.25) is 5.89 Å². The highest BCUT2D eigenvalue weighted by atomic mass is 16.3. The Morgan fingerprint density at radius 3 is 1.51 bits per heavy atom. The van der Waals surface area contributed by atoms with Crippen LogP contribution in [0.15, 0.2) is 132 Å². The number of hydrogen-bond acceptors (Lipinski definition) is 4. The highest BCUT2D eigenvalue weighted by Gasteiger charge is 2.29. The number of para-hydroxylation sites is 7. The van der Waals surface area contributed by atoms with Crippen molar-refractivity contribution in [1.82, 2.24) is 4.98 Å². The maximum absolute atomic E-state index is 5.98. The minimum atomic E-state index is 0.632. The summed E-state index contributed by atoms with van der Waals surface area (Å²) in [6, 6.07) is 43.9. The predicted octanol–water partition coefficient (Wildman–Crippen LogP) is 8.75. The molecule has 35 heavy (non-hydrogen) atoms. The molecule has 0 atom stereocenters. The number of aromatic nitrogens is 1. The predicted molar refractivity (Wildman–Crippen MR) is 142 cm³/mol. The zero-order chi connectivity index (χ0) is 23.2. The van der Waals surface area contributed by atoms with Gasteiger partial charge in [0, 0.05) is 16.9 Å². The van der Waals surface area contributed by atoms with Crippen molar-refractivity contribution < 1.29 is 4.42 Å². The lowest BCUT2D eigenvalue weighted by molar-refractivity contribution is 0.620. The normalized spacial score (nSPS) is 12.5. The van der Waals surface area contributed by atoms with E-state index in [0.29, 0.717) is 5.89 Å². The molecule has 0 unspecified atom stereocenters. The van der Waals surface area contributed by atoms with Crippen LogP contribution in [0, 0.1) is 0 Å². The molecular formula is C31H21N3O. The standard InChI is InChI=1S/C31H21N3O/c1-2-10-23(11-3-1)33-26-13-5-7-15-28(26)34(29-16-8-6-14-27(29)33)24-20-18-22(19-21-24)31-32-25-12-4-9-17-30(25)35-31/h1-21H. The van der Waals surface area contributed by atoms with Crippen LogP contribution in [0.3, 0.4) is 0 Å². The summed E-state index contributed by atoms with van der Waals surface area (Å²) < 4.78 is 5.98. The number of fused-ring (bicyclic) bond motifs is 3. The molecule has 0 fully saturated rings. The SMILES string of the molecule is c1ccc(N2c3ccccc3N(c3ccc(-c4nc5ccccc5o4)cc3)c3ccccc32)cc1. The van der Waals surface area contributed by atoms with Crippen LogP contribution in [-0.4, -0.2) is 4.98 Å². The second-order valence-corrected chi connectivity index (χ2v) is 8.52. The van der Waals surface area contributed by atoms with Crippen molar-refractivity contribution in [3.8, 4) is 11.5 Å². The number of rotatable bonds is 3. The average Bonchev–Trinajstić information content (AvgIpc) is 3.37. The summed E-state index contributed by atoms with van der Waals surface area (Å²) in [6.07, 6.45) is 0. The second-order valence-electron chi connectivity index (χ2n) is 8.52. The molecule has 1 aromatic heterocycles. The fraction of sp³-hybridized carbons (Fsp3) is 0. The van der Waals surface area contributed by atoms with Gasteiger partial charge in [0.1, 0.15) is 5.52 Å². The van der Waals surface area contributed by atoms with Gasteiger partial charge in [-0.15, -0.1) is 0 Å². The Bertz CT molecular complexity index is 1570. The third-order valence-corrected chi connectivity index (χ3v) is 6.41. The van der Waals surface area contributed by atoms with Crippen molar-refractivity contribution >= 4 is 45.2 Å². The number of nitrogens with zero attached hydrogens (tertiary/aromatic N) is 3. The molecule has 0 amide bonds. The van der Waals surface area contributed by atoms with Crippen LogP contribution < -0.4 is 9.80 Å². The van der Waals surface area contributed by atoms with Crippen molar-refractivity contribution in [2.45, 2.75) is 0 Å². The summed E-state index contributed by atoms with van der Waals surface area (Å²) in [7, 11) is 0. The maximum atomic E-state index is 5.98. The molecule has 0 N–H and O–H groups in total. The number of benzene rings is 5. The van der Waals surface area contributed by atoms with E-state index in [9.17, 15) is 0 Å². The van der Waals surface area contributed by atoms with Crippen molar-refractivity contribution in [2.24, 2.45) is 0 Å². The molecule has 4 nitrogen and oxygen atoms in total. The Morgan fingerprint density at radius 2 is 0.943 bits per heavy atom. The molecule has 1 aliphatic rings. The number of anilines is 6. The topological polar surface area (TPSA) is 32.5 Å². The van der Waals surface area contributed by atoms with Crippen LogP contribution >= 0.6 is 0 Å². The van der Waals surface area contributed by atoms with E-state index in [0.717, 1.165) is 50.8 Å². The summed E-state index contributed by atoms with van der Waals surface area (Å²) >= 11 is 0. The van der Waals surface area contributed by atoms with Gasteiger partial charge in [0.25, 0.3) is 0 Å². The van der Waals surface area contributed by atoms with Crippen molar-refractivity contribution in [2.75, 3.05) is 9.80 Å². The van der Waals surface area contributed by atoms with Gasteiger partial charge in [0.15, 0.2) is 5.58 Å². The first-order chi connectivity index (χ1) is 17.4. The molecule has 0 saturated carbocycles. The van der Waals surface area contributed by atoms with Gasteiger partial charge in [-0.25, -0.2) is 4.98 Å². The van der Waals surface area contributed by atoms with E-state index in [1.165, 1.54) is 0 Å². The molecule has 0 aliphatic carbocycles. The third-order valence-electron chi connectivity index (χ3n) is 6.41. The lowest BCUT2D eigenvalue weighted by atomic mass is 10.0.